The van der Waals surface area contributed by atoms with E-state index in [1.807, 2.05) is 12.1 Å². The standard InChI is InChI=1S/C22H21NO3/c1-21(2,3)26-20(25)22(16-23,18-12-8-5-9-13-18)15-14-19(24)17-10-6-4-7-11-17/h4-15H,1-3H3/b15-14+/t22-/m0/s1. The van der Waals surface area contributed by atoms with Crippen LogP contribution in [0.15, 0.2) is 72.8 Å². The SMILES string of the molecule is CC(C)(C)OC(=O)[C@](C#N)(/C=C/C(=O)c1ccccc1)c1ccccc1. The number of hydrogen-bond donors (Lipinski definition) is 0. The summed E-state index contributed by atoms with van der Waals surface area (Å²) in [4.78, 5) is 25.3. The van der Waals surface area contributed by atoms with Crippen LogP contribution >= 0.6 is 0 Å². The van der Waals surface area contributed by atoms with Gasteiger partial charge in [-0.05, 0) is 38.5 Å². The van der Waals surface area contributed by atoms with Crippen molar-refractivity contribution in [2.24, 2.45) is 0 Å². The number of nitriles is 1. The van der Waals surface area contributed by atoms with E-state index in [-0.39, 0.29) is 5.78 Å². The van der Waals surface area contributed by atoms with Crippen LogP contribution in [0.3, 0.4) is 0 Å². The molecule has 0 N–H and O–H groups in total. The van der Waals surface area contributed by atoms with Gasteiger partial charge in [0.15, 0.2) is 11.2 Å². The molecule has 0 aliphatic carbocycles. The molecule has 0 unspecified atom stereocenters. The van der Waals surface area contributed by atoms with Gasteiger partial charge in [0.25, 0.3) is 0 Å². The van der Waals surface area contributed by atoms with Gasteiger partial charge < -0.3 is 4.74 Å². The Kier molecular flexibility index (Phi) is 5.74. The van der Waals surface area contributed by atoms with E-state index >= 15 is 0 Å². The van der Waals surface area contributed by atoms with Crippen molar-refractivity contribution in [2.75, 3.05) is 0 Å². The number of nitrogens with zero attached hydrogens (tertiary/aromatic N) is 1. The van der Waals surface area contributed by atoms with Gasteiger partial charge in [0.05, 0.1) is 6.07 Å². The Morgan fingerprint density at radius 1 is 0.962 bits per heavy atom. The lowest BCUT2D eigenvalue weighted by molar-refractivity contribution is -0.158. The summed E-state index contributed by atoms with van der Waals surface area (Å²) >= 11 is 0. The number of rotatable bonds is 5. The van der Waals surface area contributed by atoms with Crippen molar-refractivity contribution in [1.29, 1.82) is 5.26 Å². The van der Waals surface area contributed by atoms with Gasteiger partial charge in [0.1, 0.15) is 5.60 Å². The molecule has 0 heterocycles. The second-order valence-electron chi connectivity index (χ2n) is 6.85. The molecule has 132 valence electrons. The predicted molar refractivity (Wildman–Crippen MR) is 99.5 cm³/mol. The normalized spacial score (nSPS) is 13.6. The third-order valence-corrected chi connectivity index (χ3v) is 3.67. The minimum Gasteiger partial charge on any atom is -0.458 e. The third kappa shape index (κ3) is 4.46. The van der Waals surface area contributed by atoms with E-state index in [0.717, 1.165) is 0 Å². The van der Waals surface area contributed by atoms with Crippen LogP contribution in [0.2, 0.25) is 0 Å². The molecule has 0 aliphatic rings. The summed E-state index contributed by atoms with van der Waals surface area (Å²) < 4.78 is 5.46. The van der Waals surface area contributed by atoms with Crippen LogP contribution in [0.4, 0.5) is 0 Å². The Labute approximate surface area is 153 Å². The average Bonchev–Trinajstić information content (AvgIpc) is 2.62. The van der Waals surface area contributed by atoms with Crippen molar-refractivity contribution >= 4 is 11.8 Å². The summed E-state index contributed by atoms with van der Waals surface area (Å²) in [6.45, 7) is 5.20. The molecule has 0 saturated carbocycles. The van der Waals surface area contributed by atoms with Gasteiger partial charge in [0, 0.05) is 5.56 Å². The fraction of sp³-hybridized carbons (Fsp3) is 0.227. The summed E-state index contributed by atoms with van der Waals surface area (Å²) in [6, 6.07) is 19.3. The van der Waals surface area contributed by atoms with Gasteiger partial charge >= 0.3 is 5.97 Å². The zero-order chi connectivity index (χ0) is 19.2. The molecule has 2 rings (SSSR count). The highest BCUT2D eigenvalue weighted by molar-refractivity contribution is 6.05. The topological polar surface area (TPSA) is 67.2 Å². The largest absolute Gasteiger partial charge is 0.458 e. The van der Waals surface area contributed by atoms with Gasteiger partial charge in [-0.1, -0.05) is 60.7 Å². The number of allylic oxidation sites excluding steroid dienone is 1. The summed E-state index contributed by atoms with van der Waals surface area (Å²) in [5.74, 6) is -1.000. The van der Waals surface area contributed by atoms with Crippen molar-refractivity contribution in [3.05, 3.63) is 83.9 Å². The number of carbonyl (C=O) groups is 2. The van der Waals surface area contributed by atoms with E-state index in [1.165, 1.54) is 12.2 Å². The molecule has 4 heteroatoms. The van der Waals surface area contributed by atoms with Crippen LogP contribution in [0.5, 0.6) is 0 Å². The summed E-state index contributed by atoms with van der Waals surface area (Å²) in [7, 11) is 0. The molecule has 4 nitrogen and oxygen atoms in total. The van der Waals surface area contributed by atoms with E-state index in [4.69, 9.17) is 4.74 Å². The van der Waals surface area contributed by atoms with Crippen molar-refractivity contribution < 1.29 is 14.3 Å². The smallest absolute Gasteiger partial charge is 0.335 e. The lowest BCUT2D eigenvalue weighted by atomic mass is 9.81. The van der Waals surface area contributed by atoms with Gasteiger partial charge in [-0.3, -0.25) is 4.79 Å². The van der Waals surface area contributed by atoms with E-state index in [9.17, 15) is 14.9 Å². The van der Waals surface area contributed by atoms with Crippen LogP contribution in [-0.4, -0.2) is 17.4 Å². The first kappa shape index (κ1) is 19.1. The average molecular weight is 347 g/mol. The number of carbonyl (C=O) groups excluding carboxylic acids is 2. The zero-order valence-corrected chi connectivity index (χ0v) is 15.1. The molecule has 0 fully saturated rings. The number of ether oxygens (including phenoxy) is 1. The van der Waals surface area contributed by atoms with Crippen LogP contribution in [0.1, 0.15) is 36.7 Å². The van der Waals surface area contributed by atoms with Crippen LogP contribution < -0.4 is 0 Å². The molecule has 2 aromatic rings. The molecule has 2 aromatic carbocycles. The second-order valence-corrected chi connectivity index (χ2v) is 6.85. The second kappa shape index (κ2) is 7.79. The van der Waals surface area contributed by atoms with E-state index in [0.29, 0.717) is 11.1 Å². The maximum absolute atomic E-state index is 12.9. The lowest BCUT2D eigenvalue weighted by Gasteiger charge is -2.27. The van der Waals surface area contributed by atoms with E-state index < -0.39 is 17.0 Å². The summed E-state index contributed by atoms with van der Waals surface area (Å²) in [6.07, 6.45) is 2.58. The van der Waals surface area contributed by atoms with Crippen molar-refractivity contribution in [2.45, 2.75) is 31.8 Å². The maximum atomic E-state index is 12.9. The molecule has 1 atom stereocenters. The van der Waals surface area contributed by atoms with Gasteiger partial charge in [0.2, 0.25) is 0 Å². The Balaban J connectivity index is 2.47. The molecule has 0 saturated heterocycles. The number of ketones is 1. The van der Waals surface area contributed by atoms with Gasteiger partial charge in [-0.2, -0.15) is 5.26 Å². The monoisotopic (exact) mass is 347 g/mol. The first-order valence-corrected chi connectivity index (χ1v) is 8.27. The molecule has 0 spiro atoms. The highest BCUT2D eigenvalue weighted by atomic mass is 16.6. The van der Waals surface area contributed by atoms with Crippen LogP contribution in [0, 0.1) is 11.3 Å². The minimum absolute atomic E-state index is 0.287. The maximum Gasteiger partial charge on any atom is 0.335 e. The quantitative estimate of drug-likeness (QED) is 0.461. The zero-order valence-electron chi connectivity index (χ0n) is 15.1. The molecular formula is C22H21NO3. The highest BCUT2D eigenvalue weighted by Gasteiger charge is 2.42. The molecular weight excluding hydrogens is 326 g/mol. The number of benzene rings is 2. The predicted octanol–water partition coefficient (Wildman–Crippen LogP) is 4.23. The third-order valence-electron chi connectivity index (χ3n) is 3.67. The number of hydrogen-bond acceptors (Lipinski definition) is 4. The molecule has 26 heavy (non-hydrogen) atoms. The molecule has 0 aromatic heterocycles. The Hall–Kier alpha value is -3.19. The number of esters is 1. The Morgan fingerprint density at radius 3 is 2.00 bits per heavy atom. The molecule has 0 bridgehead atoms. The fourth-order valence-corrected chi connectivity index (χ4v) is 2.39. The fourth-order valence-electron chi connectivity index (χ4n) is 2.39. The molecule has 0 aliphatic heterocycles. The van der Waals surface area contributed by atoms with Gasteiger partial charge in [-0.15, -0.1) is 0 Å². The van der Waals surface area contributed by atoms with Crippen molar-refractivity contribution in [1.82, 2.24) is 0 Å². The van der Waals surface area contributed by atoms with Crippen molar-refractivity contribution in [3.8, 4) is 6.07 Å². The van der Waals surface area contributed by atoms with E-state index in [2.05, 4.69) is 0 Å². The summed E-state index contributed by atoms with van der Waals surface area (Å²) in [5, 5.41) is 9.87. The highest BCUT2D eigenvalue weighted by Crippen LogP contribution is 2.29. The lowest BCUT2D eigenvalue weighted by Crippen LogP contribution is -2.39. The summed E-state index contributed by atoms with van der Waals surface area (Å²) in [5.41, 5.74) is -1.52. The van der Waals surface area contributed by atoms with E-state index in [1.54, 1.807) is 75.4 Å². The van der Waals surface area contributed by atoms with Crippen LogP contribution in [0.25, 0.3) is 0 Å². The molecule has 0 amide bonds. The van der Waals surface area contributed by atoms with Crippen LogP contribution in [-0.2, 0) is 14.9 Å². The Morgan fingerprint density at radius 2 is 1.50 bits per heavy atom. The Bertz CT molecular complexity index is 842. The first-order chi connectivity index (χ1) is 12.3. The van der Waals surface area contributed by atoms with Gasteiger partial charge in [-0.25, -0.2) is 4.79 Å². The first-order valence-electron chi connectivity index (χ1n) is 8.27. The minimum atomic E-state index is -1.70. The molecule has 0 radical (unpaired) electrons. The van der Waals surface area contributed by atoms with Crippen molar-refractivity contribution in [3.63, 3.8) is 0 Å².